The number of carbonyl (C=O) groups excluding carboxylic acids is 1. The van der Waals surface area contributed by atoms with Gasteiger partial charge in [-0.1, -0.05) is 12.1 Å². The molecule has 0 aliphatic carbocycles. The highest BCUT2D eigenvalue weighted by atomic mass is 32.2. The molecule has 0 atom stereocenters. The molecule has 2 aromatic carbocycles. The van der Waals surface area contributed by atoms with Gasteiger partial charge >= 0.3 is 0 Å². The lowest BCUT2D eigenvalue weighted by molar-refractivity contribution is -0.114. The standard InChI is InChI=1S/C20H19N5O5S2/c1-12(26)21-14-6-4-13(5-7-14)16-11-31-20-22-19(23-25(16)20)24-32(27,28)15-8-9-17(29-2)18(10-15)30-3/h4-11H,1-3H3,(H,21,26)(H,23,24). The lowest BCUT2D eigenvalue weighted by atomic mass is 10.1. The predicted molar refractivity (Wildman–Crippen MR) is 121 cm³/mol. The number of nitrogens with one attached hydrogen (secondary N) is 2. The summed E-state index contributed by atoms with van der Waals surface area (Å²) in [5.74, 6) is 0.501. The van der Waals surface area contributed by atoms with E-state index in [-0.39, 0.29) is 16.8 Å². The minimum Gasteiger partial charge on any atom is -0.493 e. The number of carbonyl (C=O) groups is 1. The van der Waals surface area contributed by atoms with Gasteiger partial charge in [0.15, 0.2) is 11.5 Å². The summed E-state index contributed by atoms with van der Waals surface area (Å²) in [5, 5.41) is 8.89. The van der Waals surface area contributed by atoms with Crippen LogP contribution >= 0.6 is 11.3 Å². The zero-order valence-corrected chi connectivity index (χ0v) is 19.0. The lowest BCUT2D eigenvalue weighted by Crippen LogP contribution is -2.14. The second-order valence-electron chi connectivity index (χ2n) is 6.63. The minimum absolute atomic E-state index is 0.0120. The van der Waals surface area contributed by atoms with E-state index < -0.39 is 10.0 Å². The number of benzene rings is 2. The highest BCUT2D eigenvalue weighted by molar-refractivity contribution is 7.92. The van der Waals surface area contributed by atoms with Crippen LogP contribution in [0.4, 0.5) is 11.6 Å². The van der Waals surface area contributed by atoms with E-state index in [1.165, 1.54) is 50.7 Å². The second kappa shape index (κ2) is 8.48. The molecule has 4 rings (SSSR count). The van der Waals surface area contributed by atoms with Gasteiger partial charge in [-0.2, -0.15) is 4.98 Å². The number of methoxy groups -OCH3 is 2. The van der Waals surface area contributed by atoms with Gasteiger partial charge in [0.25, 0.3) is 16.0 Å². The SMILES string of the molecule is COc1ccc(S(=O)(=O)Nc2nc3scc(-c4ccc(NC(C)=O)cc4)n3n2)cc1OC. The molecule has 10 nitrogen and oxygen atoms in total. The van der Waals surface area contributed by atoms with Crippen LogP contribution in [0.5, 0.6) is 11.5 Å². The van der Waals surface area contributed by atoms with Crippen molar-refractivity contribution in [3.05, 3.63) is 47.8 Å². The van der Waals surface area contributed by atoms with Gasteiger partial charge in [-0.15, -0.1) is 16.4 Å². The van der Waals surface area contributed by atoms with Crippen LogP contribution in [0, 0.1) is 0 Å². The summed E-state index contributed by atoms with van der Waals surface area (Å²) in [6.45, 7) is 1.44. The molecule has 32 heavy (non-hydrogen) atoms. The van der Waals surface area contributed by atoms with Crippen LogP contribution < -0.4 is 19.5 Å². The first-order valence-electron chi connectivity index (χ1n) is 9.28. The van der Waals surface area contributed by atoms with Crippen LogP contribution in [0.3, 0.4) is 0 Å². The number of ether oxygens (including phenoxy) is 2. The van der Waals surface area contributed by atoms with Gasteiger partial charge in [0.05, 0.1) is 24.8 Å². The van der Waals surface area contributed by atoms with E-state index in [0.717, 1.165) is 11.3 Å². The Balaban J connectivity index is 1.61. The van der Waals surface area contributed by atoms with E-state index >= 15 is 0 Å². The Bertz CT molecular complexity index is 1390. The number of sulfonamides is 1. The van der Waals surface area contributed by atoms with E-state index in [4.69, 9.17) is 9.47 Å². The maximum atomic E-state index is 12.8. The average molecular weight is 474 g/mol. The van der Waals surface area contributed by atoms with Crippen molar-refractivity contribution in [2.24, 2.45) is 0 Å². The van der Waals surface area contributed by atoms with Crippen molar-refractivity contribution in [2.75, 3.05) is 24.3 Å². The number of anilines is 2. The highest BCUT2D eigenvalue weighted by Crippen LogP contribution is 2.31. The quantitative estimate of drug-likeness (QED) is 0.422. The Kier molecular flexibility index (Phi) is 5.72. The van der Waals surface area contributed by atoms with Gasteiger partial charge < -0.3 is 14.8 Å². The number of aromatic nitrogens is 3. The number of hydrogen-bond acceptors (Lipinski definition) is 8. The molecule has 0 fully saturated rings. The number of rotatable bonds is 7. The van der Waals surface area contributed by atoms with Gasteiger partial charge in [0.1, 0.15) is 0 Å². The zero-order valence-electron chi connectivity index (χ0n) is 17.3. The fourth-order valence-electron chi connectivity index (χ4n) is 3.01. The summed E-state index contributed by atoms with van der Waals surface area (Å²) in [5.41, 5.74) is 2.25. The summed E-state index contributed by atoms with van der Waals surface area (Å²) >= 11 is 1.33. The fraction of sp³-hybridized carbons (Fsp3) is 0.150. The van der Waals surface area contributed by atoms with E-state index in [1.807, 2.05) is 17.5 Å². The van der Waals surface area contributed by atoms with Gasteiger partial charge in [-0.05, 0) is 24.3 Å². The number of nitrogens with zero attached hydrogens (tertiary/aromatic N) is 3. The van der Waals surface area contributed by atoms with E-state index in [2.05, 4.69) is 20.1 Å². The number of fused-ring (bicyclic) bond motifs is 1. The maximum absolute atomic E-state index is 12.8. The van der Waals surface area contributed by atoms with Crippen LogP contribution in [0.2, 0.25) is 0 Å². The number of thiazole rings is 1. The van der Waals surface area contributed by atoms with Crippen molar-refractivity contribution in [3.63, 3.8) is 0 Å². The minimum atomic E-state index is -3.95. The van der Waals surface area contributed by atoms with Crippen molar-refractivity contribution in [2.45, 2.75) is 11.8 Å². The number of hydrogen-bond donors (Lipinski definition) is 2. The first kappa shape index (κ1) is 21.6. The molecular weight excluding hydrogens is 454 g/mol. The summed E-state index contributed by atoms with van der Waals surface area (Å²) in [6.07, 6.45) is 0. The first-order chi connectivity index (χ1) is 15.3. The molecule has 2 N–H and O–H groups in total. The molecule has 0 bridgehead atoms. The molecule has 1 amide bonds. The largest absolute Gasteiger partial charge is 0.493 e. The molecule has 166 valence electrons. The normalized spacial score (nSPS) is 11.3. The van der Waals surface area contributed by atoms with Crippen molar-refractivity contribution in [1.29, 1.82) is 0 Å². The van der Waals surface area contributed by atoms with Crippen LogP contribution in [-0.4, -0.2) is 43.1 Å². The Labute approximate surface area is 187 Å². The summed E-state index contributed by atoms with van der Waals surface area (Å²) in [7, 11) is -1.05. The molecule has 0 saturated heterocycles. The number of amides is 1. The van der Waals surface area contributed by atoms with E-state index in [1.54, 1.807) is 16.6 Å². The topological polar surface area (TPSA) is 124 Å². The molecule has 0 aliphatic heterocycles. The first-order valence-corrected chi connectivity index (χ1v) is 11.6. The molecule has 0 aliphatic rings. The Morgan fingerprint density at radius 1 is 1.06 bits per heavy atom. The van der Waals surface area contributed by atoms with E-state index in [9.17, 15) is 13.2 Å². The molecule has 0 unspecified atom stereocenters. The lowest BCUT2D eigenvalue weighted by Gasteiger charge is -2.10. The van der Waals surface area contributed by atoms with Crippen molar-refractivity contribution < 1.29 is 22.7 Å². The van der Waals surface area contributed by atoms with Gasteiger partial charge in [-0.25, -0.2) is 17.7 Å². The fourth-order valence-corrected chi connectivity index (χ4v) is 4.80. The van der Waals surface area contributed by atoms with Gasteiger partial charge in [0.2, 0.25) is 10.9 Å². The Hall–Kier alpha value is -3.64. The molecule has 2 heterocycles. The van der Waals surface area contributed by atoms with Crippen molar-refractivity contribution in [3.8, 4) is 22.8 Å². The summed E-state index contributed by atoms with van der Waals surface area (Å²) in [6, 6.07) is 11.5. The molecule has 0 radical (unpaired) electrons. The third-order valence-electron chi connectivity index (χ3n) is 4.47. The predicted octanol–water partition coefficient (Wildman–Crippen LogP) is 3.23. The maximum Gasteiger partial charge on any atom is 0.264 e. The Morgan fingerprint density at radius 3 is 2.44 bits per heavy atom. The molecule has 12 heteroatoms. The van der Waals surface area contributed by atoms with E-state index in [0.29, 0.717) is 22.1 Å². The molecule has 4 aromatic rings. The highest BCUT2D eigenvalue weighted by Gasteiger charge is 2.20. The summed E-state index contributed by atoms with van der Waals surface area (Å²) in [4.78, 5) is 16.0. The van der Waals surface area contributed by atoms with Crippen molar-refractivity contribution >= 4 is 43.9 Å². The summed E-state index contributed by atoms with van der Waals surface area (Å²) < 4.78 is 39.9. The molecule has 0 saturated carbocycles. The third-order valence-corrected chi connectivity index (χ3v) is 6.62. The third kappa shape index (κ3) is 4.22. The smallest absolute Gasteiger partial charge is 0.264 e. The molecule has 2 aromatic heterocycles. The second-order valence-corrected chi connectivity index (χ2v) is 9.15. The average Bonchev–Trinajstić information content (AvgIpc) is 3.33. The molecular formula is C20H19N5O5S2. The van der Waals surface area contributed by atoms with Crippen molar-refractivity contribution in [1.82, 2.24) is 14.6 Å². The van der Waals surface area contributed by atoms with Crippen LogP contribution in [0.25, 0.3) is 16.2 Å². The van der Waals surface area contributed by atoms with Crippen LogP contribution in [0.1, 0.15) is 6.92 Å². The van der Waals surface area contributed by atoms with Gasteiger partial charge in [-0.3, -0.25) is 4.79 Å². The van der Waals surface area contributed by atoms with Crippen LogP contribution in [-0.2, 0) is 14.8 Å². The van der Waals surface area contributed by atoms with Gasteiger partial charge in [0, 0.05) is 29.6 Å². The Morgan fingerprint density at radius 2 is 1.78 bits per heavy atom. The zero-order chi connectivity index (χ0) is 22.9. The molecule has 0 spiro atoms. The van der Waals surface area contributed by atoms with Crippen LogP contribution in [0.15, 0.2) is 52.7 Å². The monoisotopic (exact) mass is 473 g/mol.